The molecule has 4 aromatic rings. The number of hydrogen-bond acceptors (Lipinski definition) is 8. The number of rotatable bonds is 7. The quantitative estimate of drug-likeness (QED) is 0.206. The minimum Gasteiger partial charge on any atom is -0.508 e. The maximum Gasteiger partial charge on any atom is 0.319 e. The number of hydrogen-bond donors (Lipinski definition) is 2. The molecular formula is C40H44F3N7O3. The van der Waals surface area contributed by atoms with Gasteiger partial charge in [-0.3, -0.25) is 4.98 Å². The lowest BCUT2D eigenvalue weighted by Crippen LogP contribution is -2.60. The van der Waals surface area contributed by atoms with Crippen LogP contribution in [0.2, 0.25) is 0 Å². The molecule has 278 valence electrons. The second kappa shape index (κ2) is 13.2. The molecule has 2 unspecified atom stereocenters. The van der Waals surface area contributed by atoms with Crippen molar-refractivity contribution in [2.75, 3.05) is 44.2 Å². The summed E-state index contributed by atoms with van der Waals surface area (Å²) < 4.78 is 52.2. The lowest BCUT2D eigenvalue weighted by Gasteiger charge is -2.42. The van der Waals surface area contributed by atoms with E-state index in [1.165, 1.54) is 30.5 Å². The highest BCUT2D eigenvalue weighted by Crippen LogP contribution is 2.47. The number of phenols is 1. The van der Waals surface area contributed by atoms with Gasteiger partial charge in [0.25, 0.3) is 0 Å². The molecule has 2 aromatic carbocycles. The minimum atomic E-state index is -0.795. The van der Waals surface area contributed by atoms with Crippen LogP contribution in [0.3, 0.4) is 0 Å². The normalized spacial score (nSPS) is 21.6. The number of urea groups is 1. The van der Waals surface area contributed by atoms with Crippen LogP contribution in [0.1, 0.15) is 64.9 Å². The van der Waals surface area contributed by atoms with Crippen LogP contribution >= 0.6 is 0 Å². The Balaban J connectivity index is 1.18. The molecule has 2 aromatic heterocycles. The summed E-state index contributed by atoms with van der Waals surface area (Å²) >= 11 is 0. The Morgan fingerprint density at radius 1 is 1.09 bits per heavy atom. The van der Waals surface area contributed by atoms with Crippen molar-refractivity contribution in [3.05, 3.63) is 47.7 Å². The fourth-order valence-corrected chi connectivity index (χ4v) is 8.34. The summed E-state index contributed by atoms with van der Waals surface area (Å²) in [5, 5.41) is 14.8. The van der Waals surface area contributed by atoms with Crippen LogP contribution in [0.15, 0.2) is 30.5 Å². The van der Waals surface area contributed by atoms with Crippen molar-refractivity contribution in [1.29, 1.82) is 0 Å². The first kappa shape index (κ1) is 35.2. The Bertz CT molecular complexity index is 2120. The van der Waals surface area contributed by atoms with Crippen LogP contribution in [0.25, 0.3) is 32.9 Å². The Morgan fingerprint density at radius 2 is 1.81 bits per heavy atom. The number of benzene rings is 2. The lowest BCUT2D eigenvalue weighted by atomic mass is 9.96. The number of alkyl halides is 1. The number of amides is 2. The predicted molar refractivity (Wildman–Crippen MR) is 197 cm³/mol. The molecule has 8 rings (SSSR count). The van der Waals surface area contributed by atoms with Crippen molar-refractivity contribution in [3.8, 4) is 35.4 Å². The van der Waals surface area contributed by atoms with Gasteiger partial charge in [-0.2, -0.15) is 9.97 Å². The van der Waals surface area contributed by atoms with Gasteiger partial charge in [0.2, 0.25) is 0 Å². The molecule has 1 aliphatic carbocycles. The summed E-state index contributed by atoms with van der Waals surface area (Å²) in [5.74, 6) is 1.22. The number of nitrogens with one attached hydrogen (secondary N) is 1. The second-order valence-corrected chi connectivity index (χ2v) is 16.3. The fourth-order valence-electron chi connectivity index (χ4n) is 8.34. The zero-order chi connectivity index (χ0) is 37.2. The molecule has 2 bridgehead atoms. The number of anilines is 1. The van der Waals surface area contributed by atoms with Gasteiger partial charge in [0.15, 0.2) is 5.82 Å². The summed E-state index contributed by atoms with van der Waals surface area (Å²) in [5.41, 5.74) is -0.652. The van der Waals surface area contributed by atoms with E-state index in [2.05, 4.69) is 31.0 Å². The first-order valence-electron chi connectivity index (χ1n) is 18.4. The van der Waals surface area contributed by atoms with Gasteiger partial charge >= 0.3 is 12.0 Å². The van der Waals surface area contributed by atoms with E-state index in [0.717, 1.165) is 32.2 Å². The number of terminal acetylenes is 1. The monoisotopic (exact) mass is 727 g/mol. The van der Waals surface area contributed by atoms with Gasteiger partial charge < -0.3 is 29.9 Å². The van der Waals surface area contributed by atoms with E-state index in [0.29, 0.717) is 62.2 Å². The molecule has 3 saturated heterocycles. The van der Waals surface area contributed by atoms with Crippen molar-refractivity contribution >= 4 is 33.5 Å². The number of aromatic nitrogens is 3. The zero-order valence-corrected chi connectivity index (χ0v) is 30.3. The Morgan fingerprint density at radius 3 is 2.47 bits per heavy atom. The Labute approximate surface area is 306 Å². The molecule has 1 saturated carbocycles. The molecule has 0 radical (unpaired) electrons. The van der Waals surface area contributed by atoms with Gasteiger partial charge in [0.05, 0.1) is 29.6 Å². The van der Waals surface area contributed by atoms with Gasteiger partial charge in [-0.15, -0.1) is 6.42 Å². The van der Waals surface area contributed by atoms with Crippen LogP contribution in [0.4, 0.5) is 23.8 Å². The van der Waals surface area contributed by atoms with Crippen molar-refractivity contribution in [2.45, 2.75) is 83.1 Å². The third-order valence-electron chi connectivity index (χ3n) is 11.1. The summed E-state index contributed by atoms with van der Waals surface area (Å²) in [7, 11) is 0. The van der Waals surface area contributed by atoms with Crippen LogP contribution in [0, 0.1) is 29.4 Å². The van der Waals surface area contributed by atoms with E-state index in [1.807, 2.05) is 25.7 Å². The van der Waals surface area contributed by atoms with Gasteiger partial charge in [-0.25, -0.2) is 18.0 Å². The number of aromatic hydroxyl groups is 1. The van der Waals surface area contributed by atoms with E-state index in [9.17, 15) is 18.7 Å². The molecule has 5 heterocycles. The van der Waals surface area contributed by atoms with Crippen molar-refractivity contribution in [3.63, 3.8) is 0 Å². The molecule has 13 heteroatoms. The highest BCUT2D eigenvalue weighted by molar-refractivity contribution is 6.03. The van der Waals surface area contributed by atoms with Crippen LogP contribution in [-0.2, 0) is 0 Å². The molecule has 2 atom stereocenters. The van der Waals surface area contributed by atoms with Crippen molar-refractivity contribution < 1.29 is 27.8 Å². The molecular weight excluding hydrogens is 683 g/mol. The maximum atomic E-state index is 17.0. The number of likely N-dealkylation sites (tertiary alicyclic amines) is 1. The first-order chi connectivity index (χ1) is 25.3. The average Bonchev–Trinajstić information content (AvgIpc) is 3.82. The molecule has 2 N–H and O–H groups in total. The number of piperazine rings is 1. The van der Waals surface area contributed by atoms with Gasteiger partial charge in [-0.1, -0.05) is 12.0 Å². The summed E-state index contributed by atoms with van der Waals surface area (Å²) in [6, 6.07) is 5.18. The van der Waals surface area contributed by atoms with E-state index in [1.54, 1.807) is 0 Å². The number of carbonyl (C=O) groups is 1. The second-order valence-electron chi connectivity index (χ2n) is 16.3. The number of piperidine rings is 1. The highest BCUT2D eigenvalue weighted by Gasteiger charge is 2.46. The van der Waals surface area contributed by atoms with Crippen LogP contribution < -0.4 is 15.0 Å². The molecule has 4 fully saturated rings. The molecule has 2 amide bonds. The largest absolute Gasteiger partial charge is 0.508 e. The zero-order valence-electron chi connectivity index (χ0n) is 30.3. The number of halogens is 3. The Hall–Kier alpha value is -4.83. The number of ether oxygens (including phenoxy) is 1. The third-order valence-corrected chi connectivity index (χ3v) is 11.1. The summed E-state index contributed by atoms with van der Waals surface area (Å²) in [4.78, 5) is 33.6. The lowest BCUT2D eigenvalue weighted by molar-refractivity contribution is 0.107. The van der Waals surface area contributed by atoms with Gasteiger partial charge in [-0.05, 0) is 82.9 Å². The number of fused-ring (bicyclic) bond motifs is 4. The van der Waals surface area contributed by atoms with E-state index < -0.39 is 17.8 Å². The fraction of sp³-hybridized carbons (Fsp3) is 0.500. The van der Waals surface area contributed by atoms with E-state index in [4.69, 9.17) is 16.1 Å². The van der Waals surface area contributed by atoms with Crippen molar-refractivity contribution in [2.24, 2.45) is 5.41 Å². The number of carbonyl (C=O) groups excluding carboxylic acids is 1. The number of pyridine rings is 1. The summed E-state index contributed by atoms with van der Waals surface area (Å²) in [6.07, 6.45) is 11.1. The van der Waals surface area contributed by atoms with E-state index in [-0.39, 0.29) is 68.6 Å². The van der Waals surface area contributed by atoms with Crippen molar-refractivity contribution in [1.82, 2.24) is 30.1 Å². The van der Waals surface area contributed by atoms with E-state index >= 15 is 4.39 Å². The topological polar surface area (TPSA) is 107 Å². The van der Waals surface area contributed by atoms with Gasteiger partial charge in [0, 0.05) is 60.8 Å². The number of phenolic OH excluding ortho intramolecular Hbond substituents is 1. The first-order valence-corrected chi connectivity index (χ1v) is 18.4. The predicted octanol–water partition coefficient (Wildman–Crippen LogP) is 6.56. The van der Waals surface area contributed by atoms with Crippen LogP contribution in [0.5, 0.6) is 11.8 Å². The summed E-state index contributed by atoms with van der Waals surface area (Å²) in [6.45, 7) is 9.32. The molecule has 3 aliphatic heterocycles. The highest BCUT2D eigenvalue weighted by atomic mass is 19.1. The molecule has 10 nitrogen and oxygen atoms in total. The molecule has 0 spiro atoms. The average molecular weight is 728 g/mol. The molecule has 53 heavy (non-hydrogen) atoms. The van der Waals surface area contributed by atoms with Crippen LogP contribution in [-0.4, -0.2) is 99.0 Å². The third kappa shape index (κ3) is 6.78. The minimum absolute atomic E-state index is 0.00803. The molecule has 4 aliphatic rings. The SMILES string of the molecule is C#Cc1c(F)ccc2cc(O)cc(-c3ncc4c(N5CC6CCC(C5)N6C(=O)NC(C)(C)C)nc(OCC5(CN6CCC(F)CC6)CC5)nc4c3F)c12. The Kier molecular flexibility index (Phi) is 8.79. The smallest absolute Gasteiger partial charge is 0.319 e. The standard InChI is InChI=1S/C40H44F3N7O3/c1-5-28-31(42)9-6-23-16-27(51)17-29(32(23)28)34-33(43)35-30(18-44-34)36(49-19-25-7-8-26(20-49)50(25)38(52)47-39(2,3)4)46-37(45-35)53-22-40(12-13-40)21-48-14-10-24(41)11-15-48/h1,6,9,16-18,24-26,51H,7-8,10-15,19-22H2,2-4H3,(H,47,52). The maximum absolute atomic E-state index is 17.0. The number of nitrogens with zero attached hydrogens (tertiary/aromatic N) is 6. The van der Waals surface area contributed by atoms with Gasteiger partial charge in [0.1, 0.15) is 34.8 Å².